The minimum absolute atomic E-state index is 0.0858. The van der Waals surface area contributed by atoms with Crippen LogP contribution in [0.2, 0.25) is 0 Å². The summed E-state index contributed by atoms with van der Waals surface area (Å²) in [4.78, 5) is 3.48. The van der Waals surface area contributed by atoms with E-state index in [2.05, 4.69) is 17.4 Å². The lowest BCUT2D eigenvalue weighted by Crippen LogP contribution is -1.83. The fourth-order valence-corrected chi connectivity index (χ4v) is 0.129. The van der Waals surface area contributed by atoms with Gasteiger partial charge in [-0.25, -0.2) is 4.99 Å². The highest BCUT2D eigenvalue weighted by Gasteiger charge is 1.65. The average Bonchev–Trinajstić information content (AvgIpc) is 1.61. The first kappa shape index (κ1) is 5.41. The molecule has 0 unspecified atom stereocenters. The molecule has 0 aliphatic carbocycles. The van der Waals surface area contributed by atoms with Crippen LogP contribution in [0.25, 0.3) is 0 Å². The number of aliphatic hydroxyl groups is 1. The van der Waals surface area contributed by atoms with Crippen molar-refractivity contribution in [3.05, 3.63) is 6.58 Å². The first-order valence-electron chi connectivity index (χ1n) is 1.71. The third-order valence-corrected chi connectivity index (χ3v) is 0.324. The standard InChI is InChI=1S/C4H7NO/c1-2-5-3-4-6/h6H,1,3-4H2. The van der Waals surface area contributed by atoms with Gasteiger partial charge in [-0.2, -0.15) is 0 Å². The summed E-state index contributed by atoms with van der Waals surface area (Å²) < 4.78 is 0. The van der Waals surface area contributed by atoms with Crippen LogP contribution in [0, 0.1) is 0 Å². The monoisotopic (exact) mass is 85.1 g/mol. The van der Waals surface area contributed by atoms with Crippen LogP contribution in [-0.2, 0) is 0 Å². The minimum atomic E-state index is 0.0858. The number of nitrogens with zero attached hydrogens (tertiary/aromatic N) is 1. The van der Waals surface area contributed by atoms with Crippen LogP contribution in [0.15, 0.2) is 11.6 Å². The second-order valence-electron chi connectivity index (χ2n) is 0.763. The maximum atomic E-state index is 8.04. The van der Waals surface area contributed by atoms with Gasteiger partial charge < -0.3 is 5.11 Å². The predicted octanol–water partition coefficient (Wildman–Crippen LogP) is -0.166. The Balaban J connectivity index is 2.86. The van der Waals surface area contributed by atoms with Gasteiger partial charge in [0.25, 0.3) is 0 Å². The number of aliphatic hydroxyl groups excluding tert-OH is 1. The summed E-state index contributed by atoms with van der Waals surface area (Å²) in [5.74, 6) is 2.28. The van der Waals surface area contributed by atoms with Crippen LogP contribution in [0.4, 0.5) is 0 Å². The second kappa shape index (κ2) is 4.41. The first-order chi connectivity index (χ1) is 2.91. The SMILES string of the molecule is C=C=NCCO. The van der Waals surface area contributed by atoms with E-state index in [0.29, 0.717) is 6.54 Å². The second-order valence-corrected chi connectivity index (χ2v) is 0.763. The van der Waals surface area contributed by atoms with E-state index in [1.165, 1.54) is 0 Å². The Hall–Kier alpha value is -0.590. The highest BCUT2D eigenvalue weighted by atomic mass is 16.3. The van der Waals surface area contributed by atoms with Crippen LogP contribution in [0.1, 0.15) is 0 Å². The molecule has 0 spiro atoms. The molecule has 0 atom stereocenters. The molecule has 0 aliphatic heterocycles. The van der Waals surface area contributed by atoms with E-state index in [0.717, 1.165) is 0 Å². The first-order valence-corrected chi connectivity index (χ1v) is 1.71. The van der Waals surface area contributed by atoms with E-state index in [1.54, 1.807) is 0 Å². The molecule has 6 heavy (non-hydrogen) atoms. The summed E-state index contributed by atoms with van der Waals surface area (Å²) in [7, 11) is 0. The quantitative estimate of drug-likeness (QED) is 0.464. The van der Waals surface area contributed by atoms with E-state index in [-0.39, 0.29) is 6.61 Å². The predicted molar refractivity (Wildman–Crippen MR) is 25.0 cm³/mol. The van der Waals surface area contributed by atoms with E-state index < -0.39 is 0 Å². The number of aliphatic imine (C=N–C) groups is 1. The van der Waals surface area contributed by atoms with Crippen molar-refractivity contribution in [1.29, 1.82) is 0 Å². The molecule has 0 heterocycles. The van der Waals surface area contributed by atoms with Crippen LogP contribution in [0.3, 0.4) is 0 Å². The molecule has 1 N–H and O–H groups in total. The fourth-order valence-electron chi connectivity index (χ4n) is 0.129. The third-order valence-electron chi connectivity index (χ3n) is 0.324. The van der Waals surface area contributed by atoms with E-state index in [4.69, 9.17) is 5.11 Å². The van der Waals surface area contributed by atoms with Gasteiger partial charge in [-0.15, -0.1) is 0 Å². The van der Waals surface area contributed by atoms with Gasteiger partial charge in [-0.05, 0) is 12.4 Å². The molecule has 0 radical (unpaired) electrons. The summed E-state index contributed by atoms with van der Waals surface area (Å²) >= 11 is 0. The molecule has 0 rings (SSSR count). The molecule has 2 nitrogen and oxygen atoms in total. The van der Waals surface area contributed by atoms with Crippen molar-refractivity contribution in [3.8, 4) is 0 Å². The van der Waals surface area contributed by atoms with E-state index in [9.17, 15) is 0 Å². The van der Waals surface area contributed by atoms with Gasteiger partial charge in [-0.1, -0.05) is 0 Å². The number of hydrogen-bond acceptors (Lipinski definition) is 2. The average molecular weight is 85.1 g/mol. The summed E-state index contributed by atoms with van der Waals surface area (Å²) in [5, 5.41) is 8.04. The van der Waals surface area contributed by atoms with Gasteiger partial charge in [0.15, 0.2) is 0 Å². The number of hydrogen-bond donors (Lipinski definition) is 1. The molecule has 0 bridgehead atoms. The van der Waals surface area contributed by atoms with Gasteiger partial charge >= 0.3 is 0 Å². The smallest absolute Gasteiger partial charge is 0.0715 e. The molecule has 0 aromatic rings. The molecule has 0 amide bonds. The molecule has 34 valence electrons. The molecule has 0 fully saturated rings. The Morgan fingerprint density at radius 2 is 2.50 bits per heavy atom. The summed E-state index contributed by atoms with van der Waals surface area (Å²) in [6, 6.07) is 0. The number of rotatable bonds is 2. The lowest BCUT2D eigenvalue weighted by molar-refractivity contribution is 0.307. The molecule has 0 saturated carbocycles. The van der Waals surface area contributed by atoms with Gasteiger partial charge in [0.05, 0.1) is 13.2 Å². The molecular formula is C4H7NO. The van der Waals surface area contributed by atoms with Gasteiger partial charge in [-0.3, -0.25) is 0 Å². The third kappa shape index (κ3) is 3.41. The van der Waals surface area contributed by atoms with Gasteiger partial charge in [0.2, 0.25) is 0 Å². The zero-order valence-corrected chi connectivity index (χ0v) is 3.52. The minimum Gasteiger partial charge on any atom is -0.394 e. The Bertz CT molecular complexity index is 63.9. The van der Waals surface area contributed by atoms with Crippen LogP contribution in [0.5, 0.6) is 0 Å². The largest absolute Gasteiger partial charge is 0.394 e. The zero-order valence-electron chi connectivity index (χ0n) is 3.52. The zero-order chi connectivity index (χ0) is 4.83. The summed E-state index contributed by atoms with van der Waals surface area (Å²) in [6.45, 7) is 3.70. The maximum Gasteiger partial charge on any atom is 0.0715 e. The highest BCUT2D eigenvalue weighted by molar-refractivity contribution is 5.46. The van der Waals surface area contributed by atoms with Crippen molar-refractivity contribution in [2.75, 3.05) is 13.2 Å². The molecular weight excluding hydrogens is 78.0 g/mol. The van der Waals surface area contributed by atoms with Gasteiger partial charge in [0, 0.05) is 0 Å². The van der Waals surface area contributed by atoms with Crippen LogP contribution < -0.4 is 0 Å². The topological polar surface area (TPSA) is 32.6 Å². The Labute approximate surface area is 36.8 Å². The highest BCUT2D eigenvalue weighted by Crippen LogP contribution is 1.57. The maximum absolute atomic E-state index is 8.04. The molecule has 0 saturated heterocycles. The molecule has 2 heteroatoms. The Morgan fingerprint density at radius 3 is 2.67 bits per heavy atom. The molecule has 0 aromatic heterocycles. The lowest BCUT2D eigenvalue weighted by atomic mass is 10.7. The lowest BCUT2D eigenvalue weighted by Gasteiger charge is -1.74. The molecule has 0 aliphatic rings. The normalized spacial score (nSPS) is 6.83. The van der Waals surface area contributed by atoms with Crippen molar-refractivity contribution in [2.45, 2.75) is 0 Å². The Morgan fingerprint density at radius 1 is 1.83 bits per heavy atom. The van der Waals surface area contributed by atoms with Crippen molar-refractivity contribution in [2.24, 2.45) is 4.99 Å². The summed E-state index contributed by atoms with van der Waals surface area (Å²) in [6.07, 6.45) is 0. The summed E-state index contributed by atoms with van der Waals surface area (Å²) in [5.41, 5.74) is 0. The van der Waals surface area contributed by atoms with Crippen molar-refractivity contribution in [1.82, 2.24) is 0 Å². The van der Waals surface area contributed by atoms with E-state index >= 15 is 0 Å². The van der Waals surface area contributed by atoms with Crippen molar-refractivity contribution >= 4 is 5.87 Å². The Kier molecular flexibility index (Phi) is 3.98. The van der Waals surface area contributed by atoms with Crippen molar-refractivity contribution in [3.63, 3.8) is 0 Å². The van der Waals surface area contributed by atoms with Crippen LogP contribution >= 0.6 is 0 Å². The fraction of sp³-hybridized carbons (Fsp3) is 0.500. The van der Waals surface area contributed by atoms with Gasteiger partial charge in [0.1, 0.15) is 0 Å². The van der Waals surface area contributed by atoms with E-state index in [1.807, 2.05) is 0 Å². The van der Waals surface area contributed by atoms with Crippen LogP contribution in [-0.4, -0.2) is 24.1 Å². The van der Waals surface area contributed by atoms with Crippen molar-refractivity contribution < 1.29 is 5.11 Å². The molecule has 0 aromatic carbocycles.